The lowest BCUT2D eigenvalue weighted by molar-refractivity contribution is -0.309. The fraction of sp³-hybridized carbons (Fsp3) is 0.746. The van der Waals surface area contributed by atoms with E-state index in [4.69, 9.17) is 33.2 Å². The summed E-state index contributed by atoms with van der Waals surface area (Å²) < 4.78 is 40.9. The lowest BCUT2D eigenvalue weighted by atomic mass is 9.98. The molecule has 7 atom stereocenters. The molecule has 1 aliphatic heterocycles. The molecular weight excluding hydrogens is 979 g/mol. The van der Waals surface area contributed by atoms with Gasteiger partial charge in [0.1, 0.15) is 18.8 Å². The Kier molecular flexibility index (Phi) is 40.3. The lowest BCUT2D eigenvalue weighted by Gasteiger charge is -2.44. The van der Waals surface area contributed by atoms with Gasteiger partial charge in [-0.15, -0.1) is 0 Å². The Morgan fingerprint density at radius 2 is 0.948 bits per heavy atom. The van der Waals surface area contributed by atoms with Crippen molar-refractivity contribution in [2.45, 2.75) is 290 Å². The van der Waals surface area contributed by atoms with Crippen molar-refractivity contribution in [3.05, 3.63) is 60.2 Å². The van der Waals surface area contributed by atoms with Gasteiger partial charge in [0.05, 0.1) is 18.2 Å². The molecule has 1 aromatic carbocycles. The molecule has 14 nitrogen and oxygen atoms in total. The number of hydrogen-bond donors (Lipinski definition) is 1. The van der Waals surface area contributed by atoms with Crippen molar-refractivity contribution in [3.8, 4) is 0 Å². The Bertz CT molecular complexity index is 1790. The minimum absolute atomic E-state index is 0.228. The molecule has 1 heterocycles. The zero-order chi connectivity index (χ0) is 56.1. The number of carbonyl (C=O) groups excluding carboxylic acids is 6. The van der Waals surface area contributed by atoms with Gasteiger partial charge in [0.2, 0.25) is 5.91 Å². The highest BCUT2D eigenvalue weighted by atomic mass is 16.7. The maximum atomic E-state index is 13.9. The van der Waals surface area contributed by atoms with Crippen molar-refractivity contribution in [2.24, 2.45) is 0 Å². The number of allylic oxidation sites excluding steroid dienone is 3. The summed E-state index contributed by atoms with van der Waals surface area (Å²) in [6.07, 6.45) is 37.6. The van der Waals surface area contributed by atoms with Gasteiger partial charge in [-0.3, -0.25) is 24.0 Å². The number of nitrogens with one attached hydrogen (secondary N) is 1. The zero-order valence-electron chi connectivity index (χ0n) is 48.6. The Labute approximate surface area is 464 Å². The average Bonchev–Trinajstić information content (AvgIpc) is 3.39. The fourth-order valence-corrected chi connectivity index (χ4v) is 9.61. The molecule has 0 spiro atoms. The number of esters is 5. The predicted octanol–water partition coefficient (Wildman–Crippen LogP) is 14.4. The van der Waals surface area contributed by atoms with Crippen molar-refractivity contribution < 1.29 is 61.9 Å². The summed E-state index contributed by atoms with van der Waals surface area (Å²) >= 11 is 0. The molecule has 1 N–H and O–H groups in total. The van der Waals surface area contributed by atoms with Crippen LogP contribution in [0.2, 0.25) is 0 Å². The minimum Gasteiger partial charge on any atom is -0.463 e. The van der Waals surface area contributed by atoms with Crippen molar-refractivity contribution >= 4 is 35.8 Å². The Balaban J connectivity index is 2.16. The summed E-state index contributed by atoms with van der Waals surface area (Å²) in [6, 6.07) is 7.58. The topological polar surface area (TPSA) is 179 Å². The number of ether oxygens (including phenoxy) is 7. The van der Waals surface area contributed by atoms with Gasteiger partial charge in [-0.25, -0.2) is 4.79 Å². The van der Waals surface area contributed by atoms with Crippen LogP contribution in [0.1, 0.15) is 257 Å². The SMILES string of the molecule is CCCCCCCC/C=C\CCCCCCCCCCCCCC(=O)N[C@@H](CO[C@H]1O[C@H](COC(C)=O)[C@H](OC(C)=O)[C@H](OC(C)=O)[C@H]1OC(C)=O)[C@@H](/C=C/CCCCCCCCCCCCC)OC(=O)c1ccccc1. The normalized spacial score (nSPS) is 18.2. The number of unbranched alkanes of at least 4 members (excludes halogenated alkanes) is 28. The number of benzene rings is 1. The second-order valence-corrected chi connectivity index (χ2v) is 21.0. The molecule has 0 aliphatic carbocycles. The van der Waals surface area contributed by atoms with Crippen LogP contribution in [0.25, 0.3) is 0 Å². The highest BCUT2D eigenvalue weighted by Crippen LogP contribution is 2.31. The molecule has 0 aromatic heterocycles. The molecule has 0 bridgehead atoms. The molecule has 77 heavy (non-hydrogen) atoms. The first-order valence-corrected chi connectivity index (χ1v) is 30.1. The highest BCUT2D eigenvalue weighted by molar-refractivity contribution is 5.89. The fourth-order valence-electron chi connectivity index (χ4n) is 9.61. The smallest absolute Gasteiger partial charge is 0.338 e. The summed E-state index contributed by atoms with van der Waals surface area (Å²) in [5, 5.41) is 3.07. The van der Waals surface area contributed by atoms with Crippen LogP contribution in [-0.2, 0) is 57.1 Å². The van der Waals surface area contributed by atoms with E-state index in [-0.39, 0.29) is 18.9 Å². The zero-order valence-corrected chi connectivity index (χ0v) is 48.6. The molecule has 1 fully saturated rings. The summed E-state index contributed by atoms with van der Waals surface area (Å²) in [7, 11) is 0. The predicted molar refractivity (Wildman–Crippen MR) is 303 cm³/mol. The van der Waals surface area contributed by atoms with Gasteiger partial charge in [0.15, 0.2) is 24.6 Å². The van der Waals surface area contributed by atoms with Crippen LogP contribution in [-0.4, -0.2) is 91.8 Å². The molecule has 0 unspecified atom stereocenters. The lowest BCUT2D eigenvalue weighted by Crippen LogP contribution is -2.63. The minimum atomic E-state index is -1.51. The largest absolute Gasteiger partial charge is 0.463 e. The molecule has 2 rings (SSSR count). The first-order chi connectivity index (χ1) is 37.4. The first-order valence-electron chi connectivity index (χ1n) is 30.1. The van der Waals surface area contributed by atoms with Gasteiger partial charge in [-0.2, -0.15) is 0 Å². The molecule has 0 saturated carbocycles. The van der Waals surface area contributed by atoms with Crippen LogP contribution in [0.3, 0.4) is 0 Å². The number of amides is 1. The summed E-state index contributed by atoms with van der Waals surface area (Å²) in [5.74, 6) is -3.86. The molecule has 1 aromatic rings. The molecular formula is C63H103NO13. The van der Waals surface area contributed by atoms with Crippen LogP contribution >= 0.6 is 0 Å². The van der Waals surface area contributed by atoms with E-state index in [1.54, 1.807) is 36.4 Å². The number of rotatable bonds is 46. The van der Waals surface area contributed by atoms with Gasteiger partial charge in [-0.1, -0.05) is 204 Å². The van der Waals surface area contributed by atoms with Crippen LogP contribution in [0.5, 0.6) is 0 Å². The molecule has 1 aliphatic rings. The second kappa shape index (κ2) is 45.3. The number of carbonyl (C=O) groups is 6. The monoisotopic (exact) mass is 1080 g/mol. The van der Waals surface area contributed by atoms with Crippen LogP contribution in [0.4, 0.5) is 0 Å². The van der Waals surface area contributed by atoms with Gasteiger partial charge in [0, 0.05) is 34.1 Å². The third-order valence-electron chi connectivity index (χ3n) is 13.8. The number of hydrogen-bond acceptors (Lipinski definition) is 13. The molecule has 1 amide bonds. The van der Waals surface area contributed by atoms with E-state index in [0.29, 0.717) is 12.0 Å². The van der Waals surface area contributed by atoms with E-state index in [1.807, 2.05) is 6.08 Å². The molecule has 438 valence electrons. The first kappa shape index (κ1) is 68.5. The molecule has 1 saturated heterocycles. The van der Waals surface area contributed by atoms with Gasteiger partial charge < -0.3 is 38.5 Å². The maximum Gasteiger partial charge on any atom is 0.338 e. The second-order valence-electron chi connectivity index (χ2n) is 21.0. The summed E-state index contributed by atoms with van der Waals surface area (Å²) in [5.41, 5.74) is 0.319. The Hall–Kier alpha value is -4.56. The standard InChI is InChI=1S/C63H103NO13/c1-7-9-11-13-15-17-19-21-22-23-24-25-26-27-28-30-32-34-36-38-43-47-58(69)64-55(48-72-63-61(75-53(6)68)60(74-52(5)67)59(73-51(4)66)57(77-63)49-71-50(3)65)56(76-62(70)54-44-40-39-41-45-54)46-42-37-35-33-31-29-20-18-16-14-12-10-8-2/h21-22,39-42,44-46,55-57,59-61,63H,7-20,23-38,43,47-49H2,1-6H3,(H,64,69)/b22-21-,46-42+/t55-,56+,57+,59-,60-,61+,63-/m0/s1. The van der Waals surface area contributed by atoms with E-state index in [9.17, 15) is 28.8 Å². The summed E-state index contributed by atoms with van der Waals surface area (Å²) in [4.78, 5) is 77.1. The van der Waals surface area contributed by atoms with Gasteiger partial charge in [0.25, 0.3) is 0 Å². The van der Waals surface area contributed by atoms with Crippen molar-refractivity contribution in [1.82, 2.24) is 5.32 Å². The van der Waals surface area contributed by atoms with E-state index < -0.39 is 79.3 Å². The van der Waals surface area contributed by atoms with Crippen molar-refractivity contribution in [3.63, 3.8) is 0 Å². The Morgan fingerprint density at radius 1 is 0.519 bits per heavy atom. The summed E-state index contributed by atoms with van der Waals surface area (Å²) in [6.45, 7) is 8.35. The maximum absolute atomic E-state index is 13.9. The quantitative estimate of drug-likeness (QED) is 0.0282. The van der Waals surface area contributed by atoms with Gasteiger partial charge >= 0.3 is 29.8 Å². The van der Waals surface area contributed by atoms with E-state index in [0.717, 1.165) is 65.7 Å². The highest BCUT2D eigenvalue weighted by Gasteiger charge is 2.53. The van der Waals surface area contributed by atoms with Crippen LogP contribution in [0.15, 0.2) is 54.6 Å². The Morgan fingerprint density at radius 3 is 1.42 bits per heavy atom. The van der Waals surface area contributed by atoms with E-state index >= 15 is 0 Å². The van der Waals surface area contributed by atoms with E-state index in [1.165, 1.54) is 155 Å². The van der Waals surface area contributed by atoms with Crippen molar-refractivity contribution in [1.29, 1.82) is 0 Å². The van der Waals surface area contributed by atoms with E-state index in [2.05, 4.69) is 31.3 Å². The van der Waals surface area contributed by atoms with Crippen LogP contribution in [0, 0.1) is 0 Å². The van der Waals surface area contributed by atoms with Gasteiger partial charge in [-0.05, 0) is 63.2 Å². The van der Waals surface area contributed by atoms with Crippen molar-refractivity contribution in [2.75, 3.05) is 13.2 Å². The third kappa shape index (κ3) is 34.8. The average molecular weight is 1080 g/mol. The molecule has 14 heteroatoms. The van der Waals surface area contributed by atoms with Crippen LogP contribution < -0.4 is 5.32 Å². The molecule has 0 radical (unpaired) electrons. The third-order valence-corrected chi connectivity index (χ3v) is 13.8.